The van der Waals surface area contributed by atoms with Crippen LogP contribution in [0.1, 0.15) is 12.8 Å². The molecule has 1 aliphatic heterocycles. The van der Waals surface area contributed by atoms with Crippen LogP contribution in [0.5, 0.6) is 0 Å². The Morgan fingerprint density at radius 2 is 2.32 bits per heavy atom. The van der Waals surface area contributed by atoms with Gasteiger partial charge in [0.05, 0.1) is 17.5 Å². The van der Waals surface area contributed by atoms with Gasteiger partial charge in [-0.05, 0) is 25.0 Å². The average molecular weight is 257 g/mol. The predicted octanol–water partition coefficient (Wildman–Crippen LogP) is 2.43. The fraction of sp³-hybridized carbons (Fsp3) is 0.400. The summed E-state index contributed by atoms with van der Waals surface area (Å²) in [5, 5.41) is 2.14. The molecule has 4 nitrogen and oxygen atoms in total. The molecule has 1 atom stereocenters. The molecule has 1 aromatic carbocycles. The highest BCUT2D eigenvalue weighted by atomic mass is 16.5. The van der Waals surface area contributed by atoms with E-state index in [1.165, 1.54) is 0 Å². The first-order valence-corrected chi connectivity index (χ1v) is 6.70. The first-order chi connectivity index (χ1) is 9.25. The van der Waals surface area contributed by atoms with E-state index in [0.717, 1.165) is 48.1 Å². The van der Waals surface area contributed by atoms with E-state index in [4.69, 9.17) is 10.5 Å². The molecular weight excluding hydrogens is 238 g/mol. The topological polar surface area (TPSA) is 51.4 Å². The number of ether oxygens (including phenoxy) is 1. The van der Waals surface area contributed by atoms with E-state index in [2.05, 4.69) is 29.1 Å². The lowest BCUT2D eigenvalue weighted by atomic mass is 10.1. The number of nitrogen functional groups attached to an aromatic ring is 1. The summed E-state index contributed by atoms with van der Waals surface area (Å²) in [6.45, 7) is 1.78. The summed E-state index contributed by atoms with van der Waals surface area (Å²) < 4.78 is 5.68. The van der Waals surface area contributed by atoms with E-state index in [1.807, 2.05) is 12.3 Å². The number of nitrogens with zero attached hydrogens (tertiary/aromatic N) is 2. The van der Waals surface area contributed by atoms with Gasteiger partial charge >= 0.3 is 0 Å². The molecule has 0 bridgehead atoms. The first kappa shape index (κ1) is 12.2. The van der Waals surface area contributed by atoms with Crippen molar-refractivity contribution in [2.24, 2.45) is 0 Å². The Labute approximate surface area is 113 Å². The Morgan fingerprint density at radius 3 is 3.11 bits per heavy atom. The molecule has 1 fully saturated rings. The molecule has 4 heteroatoms. The molecule has 1 aliphatic rings. The van der Waals surface area contributed by atoms with Gasteiger partial charge in [-0.1, -0.05) is 6.07 Å². The molecule has 3 rings (SSSR count). The van der Waals surface area contributed by atoms with Crippen LogP contribution in [0.3, 0.4) is 0 Å². The van der Waals surface area contributed by atoms with Crippen LogP contribution in [0.15, 0.2) is 30.6 Å². The lowest BCUT2D eigenvalue weighted by Crippen LogP contribution is -2.29. The van der Waals surface area contributed by atoms with Gasteiger partial charge in [0.1, 0.15) is 0 Å². The van der Waals surface area contributed by atoms with Crippen LogP contribution >= 0.6 is 0 Å². The summed E-state index contributed by atoms with van der Waals surface area (Å²) in [4.78, 5) is 6.31. The molecule has 100 valence electrons. The smallest absolute Gasteiger partial charge is 0.0750 e. The van der Waals surface area contributed by atoms with Gasteiger partial charge in [-0.25, -0.2) is 0 Å². The fourth-order valence-electron chi connectivity index (χ4n) is 2.71. The van der Waals surface area contributed by atoms with Crippen molar-refractivity contribution in [3.8, 4) is 0 Å². The van der Waals surface area contributed by atoms with Crippen LogP contribution in [0, 0.1) is 0 Å². The molecule has 19 heavy (non-hydrogen) atoms. The highest BCUT2D eigenvalue weighted by Crippen LogP contribution is 2.31. The van der Waals surface area contributed by atoms with Crippen molar-refractivity contribution in [3.05, 3.63) is 30.6 Å². The van der Waals surface area contributed by atoms with Crippen LogP contribution in [0.25, 0.3) is 10.8 Å². The zero-order valence-corrected chi connectivity index (χ0v) is 11.2. The first-order valence-electron chi connectivity index (χ1n) is 6.70. The maximum atomic E-state index is 6.28. The lowest BCUT2D eigenvalue weighted by Gasteiger charge is -2.24. The van der Waals surface area contributed by atoms with Crippen molar-refractivity contribution in [1.29, 1.82) is 0 Å². The Bertz CT molecular complexity index is 579. The summed E-state index contributed by atoms with van der Waals surface area (Å²) in [5.74, 6) is 0. The van der Waals surface area contributed by atoms with Crippen LogP contribution < -0.4 is 10.6 Å². The maximum absolute atomic E-state index is 6.28. The van der Waals surface area contributed by atoms with E-state index in [1.54, 1.807) is 6.20 Å². The molecule has 2 aromatic rings. The molecule has 2 N–H and O–H groups in total. The van der Waals surface area contributed by atoms with Gasteiger partial charge < -0.3 is 15.4 Å². The van der Waals surface area contributed by atoms with Crippen molar-refractivity contribution < 1.29 is 4.74 Å². The molecule has 0 aliphatic carbocycles. The molecule has 1 saturated heterocycles. The zero-order valence-electron chi connectivity index (χ0n) is 11.2. The van der Waals surface area contributed by atoms with Crippen molar-refractivity contribution in [3.63, 3.8) is 0 Å². The van der Waals surface area contributed by atoms with E-state index in [9.17, 15) is 0 Å². The number of fused-ring (bicyclic) bond motifs is 1. The second-order valence-electron chi connectivity index (χ2n) is 5.11. The Morgan fingerprint density at radius 1 is 1.42 bits per heavy atom. The largest absolute Gasteiger partial charge is 0.397 e. The normalized spacial score (nSPS) is 18.9. The summed E-state index contributed by atoms with van der Waals surface area (Å²) >= 11 is 0. The Balaban J connectivity index is 1.89. The van der Waals surface area contributed by atoms with E-state index >= 15 is 0 Å². The third-order valence-corrected chi connectivity index (χ3v) is 3.75. The Hall–Kier alpha value is -1.81. The number of benzene rings is 1. The Kier molecular flexibility index (Phi) is 3.25. The summed E-state index contributed by atoms with van der Waals surface area (Å²) in [7, 11) is 2.07. The third kappa shape index (κ3) is 2.36. The molecule has 1 unspecified atom stereocenters. The number of rotatable bonds is 3. The number of hydrogen-bond acceptors (Lipinski definition) is 4. The van der Waals surface area contributed by atoms with Gasteiger partial charge in [-0.3, -0.25) is 4.98 Å². The standard InChI is InChI=1S/C15H19N3O/c1-18(10-12-3-2-8-19-12)14-5-4-11-9-17-7-6-13(11)15(14)16/h4-7,9,12H,2-3,8,10,16H2,1H3. The number of likely N-dealkylation sites (N-methyl/N-ethyl adjacent to an activating group) is 1. The number of hydrogen-bond donors (Lipinski definition) is 1. The van der Waals surface area contributed by atoms with Crippen LogP contribution in [0.4, 0.5) is 11.4 Å². The molecule has 0 radical (unpaired) electrons. The molecule has 0 spiro atoms. The zero-order chi connectivity index (χ0) is 13.2. The summed E-state index contributed by atoms with van der Waals surface area (Å²) in [6, 6.07) is 6.10. The van der Waals surface area contributed by atoms with E-state index in [0.29, 0.717) is 6.10 Å². The molecule has 0 amide bonds. The lowest BCUT2D eigenvalue weighted by molar-refractivity contribution is 0.116. The average Bonchev–Trinajstić information content (AvgIpc) is 2.92. The quantitative estimate of drug-likeness (QED) is 0.858. The van der Waals surface area contributed by atoms with E-state index in [-0.39, 0.29) is 0 Å². The summed E-state index contributed by atoms with van der Waals surface area (Å²) in [5.41, 5.74) is 8.17. The summed E-state index contributed by atoms with van der Waals surface area (Å²) in [6.07, 6.45) is 6.26. The van der Waals surface area contributed by atoms with Crippen LogP contribution in [-0.2, 0) is 4.74 Å². The predicted molar refractivity (Wildman–Crippen MR) is 78.4 cm³/mol. The van der Waals surface area contributed by atoms with Gasteiger partial charge in [0.2, 0.25) is 0 Å². The molecule has 2 heterocycles. The number of anilines is 2. The van der Waals surface area contributed by atoms with Crippen LogP contribution in [-0.4, -0.2) is 31.3 Å². The highest BCUT2D eigenvalue weighted by Gasteiger charge is 2.18. The maximum Gasteiger partial charge on any atom is 0.0750 e. The molecular formula is C15H19N3O. The van der Waals surface area contributed by atoms with Crippen molar-refractivity contribution in [2.75, 3.05) is 30.8 Å². The van der Waals surface area contributed by atoms with Crippen molar-refractivity contribution in [1.82, 2.24) is 4.98 Å². The fourth-order valence-corrected chi connectivity index (χ4v) is 2.71. The SMILES string of the molecule is CN(CC1CCCO1)c1ccc2cnccc2c1N. The van der Waals surface area contributed by atoms with Gasteiger partial charge in [-0.15, -0.1) is 0 Å². The number of nitrogens with two attached hydrogens (primary N) is 1. The van der Waals surface area contributed by atoms with Gasteiger partial charge in [0.25, 0.3) is 0 Å². The van der Waals surface area contributed by atoms with Gasteiger partial charge in [0, 0.05) is 43.4 Å². The minimum absolute atomic E-state index is 0.331. The minimum atomic E-state index is 0.331. The molecule has 1 aromatic heterocycles. The number of pyridine rings is 1. The van der Waals surface area contributed by atoms with Crippen molar-refractivity contribution >= 4 is 22.1 Å². The second kappa shape index (κ2) is 5.05. The highest BCUT2D eigenvalue weighted by molar-refractivity contribution is 5.98. The number of aromatic nitrogens is 1. The van der Waals surface area contributed by atoms with E-state index < -0.39 is 0 Å². The third-order valence-electron chi connectivity index (χ3n) is 3.75. The monoisotopic (exact) mass is 257 g/mol. The van der Waals surface area contributed by atoms with Gasteiger partial charge in [-0.2, -0.15) is 0 Å². The van der Waals surface area contributed by atoms with Crippen LogP contribution in [0.2, 0.25) is 0 Å². The second-order valence-corrected chi connectivity index (χ2v) is 5.11. The van der Waals surface area contributed by atoms with Gasteiger partial charge in [0.15, 0.2) is 0 Å². The molecule has 0 saturated carbocycles. The van der Waals surface area contributed by atoms with Crippen molar-refractivity contribution in [2.45, 2.75) is 18.9 Å². The minimum Gasteiger partial charge on any atom is -0.397 e.